The molecular formula is C17H24BrFO. The Kier molecular flexibility index (Phi) is 8.63. The number of allylic oxidation sites excluding steroid dienone is 2. The van der Waals surface area contributed by atoms with Crippen LogP contribution < -0.4 is 0 Å². The number of Topliss-reactive ketones (excluding diaryl/α,β-unsaturated/α-hetero) is 1. The van der Waals surface area contributed by atoms with Crippen LogP contribution in [0.1, 0.15) is 65.0 Å². The van der Waals surface area contributed by atoms with Gasteiger partial charge in [-0.15, -0.1) is 0 Å². The highest BCUT2D eigenvalue weighted by atomic mass is 79.9. The zero-order valence-corrected chi connectivity index (χ0v) is 14.8. The summed E-state index contributed by atoms with van der Waals surface area (Å²) in [5.74, 6) is 0.00919. The number of halogens is 2. The minimum absolute atomic E-state index is 0.0492. The fourth-order valence-electron chi connectivity index (χ4n) is 1.89. The Bertz CT molecular complexity index is 492. The van der Waals surface area contributed by atoms with Gasteiger partial charge in [0.25, 0.3) is 0 Å². The normalized spacial score (nSPS) is 13.0. The van der Waals surface area contributed by atoms with Gasteiger partial charge in [0.15, 0.2) is 5.78 Å². The average molecular weight is 343 g/mol. The van der Waals surface area contributed by atoms with Crippen molar-refractivity contribution in [2.45, 2.75) is 53.9 Å². The van der Waals surface area contributed by atoms with Gasteiger partial charge in [-0.1, -0.05) is 33.8 Å². The van der Waals surface area contributed by atoms with Crippen LogP contribution in [0.2, 0.25) is 0 Å². The van der Waals surface area contributed by atoms with Crippen molar-refractivity contribution in [3.63, 3.8) is 0 Å². The highest BCUT2D eigenvalue weighted by molar-refractivity contribution is 9.12. The highest BCUT2D eigenvalue weighted by Crippen LogP contribution is 2.31. The molecule has 0 spiro atoms. The molecule has 0 bridgehead atoms. The molecule has 3 heteroatoms. The van der Waals surface area contributed by atoms with Crippen molar-refractivity contribution in [1.29, 1.82) is 0 Å². The fraction of sp³-hybridized carbons (Fsp3) is 0.471. The Labute approximate surface area is 130 Å². The van der Waals surface area contributed by atoms with E-state index in [-0.39, 0.29) is 11.6 Å². The van der Waals surface area contributed by atoms with E-state index in [0.717, 1.165) is 23.1 Å². The number of hydrogen-bond acceptors (Lipinski definition) is 1. The van der Waals surface area contributed by atoms with Crippen LogP contribution in [0.4, 0.5) is 4.39 Å². The van der Waals surface area contributed by atoms with Gasteiger partial charge in [0.2, 0.25) is 0 Å². The zero-order chi connectivity index (χ0) is 15.9. The summed E-state index contributed by atoms with van der Waals surface area (Å²) in [6, 6.07) is 4.78. The van der Waals surface area contributed by atoms with E-state index in [0.29, 0.717) is 10.4 Å². The molecule has 1 aromatic carbocycles. The van der Waals surface area contributed by atoms with Crippen molar-refractivity contribution < 1.29 is 9.18 Å². The molecule has 0 aliphatic heterocycles. The molecule has 20 heavy (non-hydrogen) atoms. The Morgan fingerprint density at radius 1 is 1.30 bits per heavy atom. The van der Waals surface area contributed by atoms with Gasteiger partial charge in [0.1, 0.15) is 5.82 Å². The second-order valence-electron chi connectivity index (χ2n) is 4.54. The van der Waals surface area contributed by atoms with Crippen LogP contribution in [0.25, 0.3) is 5.57 Å². The Balaban J connectivity index is 0.00000172. The van der Waals surface area contributed by atoms with Crippen molar-refractivity contribution in [3.05, 3.63) is 39.6 Å². The van der Waals surface area contributed by atoms with Crippen molar-refractivity contribution >= 4 is 27.3 Å². The predicted molar refractivity (Wildman–Crippen MR) is 88.7 cm³/mol. The first-order valence-electron chi connectivity index (χ1n) is 7.05. The molecule has 1 unspecified atom stereocenters. The zero-order valence-electron chi connectivity index (χ0n) is 13.2. The molecule has 112 valence electrons. The minimum Gasteiger partial charge on any atom is -0.294 e. The molecule has 0 saturated heterocycles. The first-order chi connectivity index (χ1) is 9.38. The summed E-state index contributed by atoms with van der Waals surface area (Å²) >= 11 is 3.28. The van der Waals surface area contributed by atoms with Gasteiger partial charge >= 0.3 is 0 Å². The number of carbonyl (C=O) groups excluding carboxylic acids is 1. The molecule has 0 amide bonds. The lowest BCUT2D eigenvalue weighted by atomic mass is 9.90. The van der Waals surface area contributed by atoms with E-state index >= 15 is 0 Å². The lowest BCUT2D eigenvalue weighted by Crippen LogP contribution is -2.01. The summed E-state index contributed by atoms with van der Waals surface area (Å²) in [5, 5.41) is 0. The molecular weight excluding hydrogens is 319 g/mol. The molecule has 0 aliphatic carbocycles. The lowest BCUT2D eigenvalue weighted by molar-refractivity contribution is -0.112. The molecule has 0 heterocycles. The van der Waals surface area contributed by atoms with Crippen molar-refractivity contribution in [3.8, 4) is 0 Å². The van der Waals surface area contributed by atoms with Crippen LogP contribution >= 0.6 is 15.9 Å². The molecule has 0 saturated carbocycles. The van der Waals surface area contributed by atoms with E-state index in [4.69, 9.17) is 0 Å². The number of carbonyl (C=O) groups is 1. The topological polar surface area (TPSA) is 17.1 Å². The molecule has 0 aliphatic rings. The summed E-state index contributed by atoms with van der Waals surface area (Å²) < 4.78 is 13.9. The standard InChI is InChI=1S/C15H18BrFO.C2H6/c1-5-9(2)13-7-6-12(17)8-14(13)10(3)15(16)11(4)18;1-2/h6-9H,5H2,1-4H3;1-2H3/b15-10+;. The maximum Gasteiger partial charge on any atom is 0.167 e. The van der Waals surface area contributed by atoms with Gasteiger partial charge in [-0.25, -0.2) is 4.39 Å². The van der Waals surface area contributed by atoms with Crippen LogP contribution in [0.15, 0.2) is 22.7 Å². The van der Waals surface area contributed by atoms with Crippen LogP contribution in [0.5, 0.6) is 0 Å². The monoisotopic (exact) mass is 342 g/mol. The molecule has 0 aromatic heterocycles. The molecule has 1 nitrogen and oxygen atoms in total. The number of hydrogen-bond donors (Lipinski definition) is 0. The number of rotatable bonds is 4. The van der Waals surface area contributed by atoms with Crippen LogP contribution in [-0.2, 0) is 4.79 Å². The number of ketones is 1. The van der Waals surface area contributed by atoms with Gasteiger partial charge in [-0.3, -0.25) is 4.79 Å². The van der Waals surface area contributed by atoms with Crippen LogP contribution in [0.3, 0.4) is 0 Å². The van der Waals surface area contributed by atoms with E-state index in [1.54, 1.807) is 0 Å². The summed E-state index contributed by atoms with van der Waals surface area (Å²) in [5.41, 5.74) is 2.68. The third-order valence-corrected chi connectivity index (χ3v) is 4.35. The molecule has 1 atom stereocenters. The summed E-state index contributed by atoms with van der Waals surface area (Å²) in [6.45, 7) is 11.5. The van der Waals surface area contributed by atoms with Crippen molar-refractivity contribution in [2.75, 3.05) is 0 Å². The van der Waals surface area contributed by atoms with Crippen molar-refractivity contribution in [2.24, 2.45) is 0 Å². The Hall–Kier alpha value is -0.960. The molecule has 0 N–H and O–H groups in total. The minimum atomic E-state index is -0.278. The number of benzene rings is 1. The van der Waals surface area contributed by atoms with E-state index in [1.165, 1.54) is 19.1 Å². The quantitative estimate of drug-likeness (QED) is 0.606. The Morgan fingerprint density at radius 2 is 1.85 bits per heavy atom. The first kappa shape index (κ1) is 19.0. The van der Waals surface area contributed by atoms with E-state index in [1.807, 2.05) is 26.8 Å². The molecule has 0 radical (unpaired) electrons. The highest BCUT2D eigenvalue weighted by Gasteiger charge is 2.14. The van der Waals surface area contributed by atoms with Gasteiger partial charge in [0.05, 0.1) is 4.48 Å². The van der Waals surface area contributed by atoms with Gasteiger partial charge in [0, 0.05) is 0 Å². The SMILES string of the molecule is CC.CCC(C)c1ccc(F)cc1/C(C)=C(/Br)C(C)=O. The third-order valence-electron chi connectivity index (χ3n) is 3.20. The summed E-state index contributed by atoms with van der Waals surface area (Å²) in [6.07, 6.45) is 0.976. The van der Waals surface area contributed by atoms with Crippen molar-refractivity contribution in [1.82, 2.24) is 0 Å². The van der Waals surface area contributed by atoms with Gasteiger partial charge in [-0.2, -0.15) is 0 Å². The molecule has 1 aromatic rings. The largest absolute Gasteiger partial charge is 0.294 e. The maximum absolute atomic E-state index is 13.4. The third kappa shape index (κ3) is 4.86. The molecule has 0 fully saturated rings. The van der Waals surface area contributed by atoms with E-state index in [2.05, 4.69) is 29.8 Å². The summed E-state index contributed by atoms with van der Waals surface area (Å²) in [4.78, 5) is 11.4. The van der Waals surface area contributed by atoms with Gasteiger partial charge < -0.3 is 0 Å². The smallest absolute Gasteiger partial charge is 0.167 e. The Morgan fingerprint density at radius 3 is 2.30 bits per heavy atom. The lowest BCUT2D eigenvalue weighted by Gasteiger charge is -2.16. The first-order valence-corrected chi connectivity index (χ1v) is 7.84. The van der Waals surface area contributed by atoms with Crippen LogP contribution in [-0.4, -0.2) is 5.78 Å². The average Bonchev–Trinajstić information content (AvgIpc) is 2.46. The van der Waals surface area contributed by atoms with Gasteiger partial charge in [-0.05, 0) is 70.9 Å². The van der Waals surface area contributed by atoms with E-state index in [9.17, 15) is 9.18 Å². The fourth-order valence-corrected chi connectivity index (χ4v) is 2.10. The van der Waals surface area contributed by atoms with E-state index < -0.39 is 0 Å². The maximum atomic E-state index is 13.4. The molecule has 1 rings (SSSR count). The predicted octanol–water partition coefficient (Wildman–Crippen LogP) is 6.08. The summed E-state index contributed by atoms with van der Waals surface area (Å²) in [7, 11) is 0. The second-order valence-corrected chi connectivity index (χ2v) is 5.33. The second kappa shape index (κ2) is 9.06. The van der Waals surface area contributed by atoms with Crippen LogP contribution in [0, 0.1) is 5.82 Å².